The van der Waals surface area contributed by atoms with E-state index in [2.05, 4.69) is 183 Å². The molecule has 0 aromatic heterocycles. The molecule has 0 aliphatic carbocycles. The van der Waals surface area contributed by atoms with Crippen LogP contribution in [0.5, 0.6) is 0 Å². The Morgan fingerprint density at radius 1 is 0.214 bits per heavy atom. The summed E-state index contributed by atoms with van der Waals surface area (Å²) in [5, 5.41) is 7.86. The summed E-state index contributed by atoms with van der Waals surface area (Å²) in [6.45, 7) is 5.53. The number of ether oxygens (including phenoxy) is 8. The van der Waals surface area contributed by atoms with Crippen molar-refractivity contribution in [1.29, 1.82) is 0 Å². The van der Waals surface area contributed by atoms with Gasteiger partial charge < -0.3 is 37.9 Å². The Balaban J connectivity index is -0.000000592. The number of fused-ring (bicyclic) bond motifs is 3. The van der Waals surface area contributed by atoms with E-state index >= 15 is 0 Å². The molecule has 0 amide bonds. The van der Waals surface area contributed by atoms with Crippen molar-refractivity contribution < 1.29 is 112 Å². The SMILES string of the molecule is COCCOC.COCCOC.COCCOC.COCCOC.[Tm].[Tm].c1ccc2ccccc2c1.c1ccc2ccccc2c1.c1ccc2ccccc2c1. The Hall–Kier alpha value is -1.75. The number of hydrogen-bond acceptors (Lipinski definition) is 8. The largest absolute Gasteiger partial charge is 0.382 e. The molecule has 0 bridgehead atoms. The molecule has 6 aromatic carbocycles. The summed E-state index contributed by atoms with van der Waals surface area (Å²) in [7, 11) is 13.2. The molecule has 2 radical (unpaired) electrons. The smallest absolute Gasteiger partial charge is 0.0696 e. The topological polar surface area (TPSA) is 73.8 Å². The third-order valence-electron chi connectivity index (χ3n) is 6.94. The van der Waals surface area contributed by atoms with Crippen molar-refractivity contribution in [2.24, 2.45) is 0 Å². The maximum atomic E-state index is 4.66. The zero-order chi connectivity index (χ0) is 39.7. The first-order valence-electron chi connectivity index (χ1n) is 17.8. The average Bonchev–Trinajstić information content (AvgIpc) is 3.25. The molecule has 0 saturated heterocycles. The van der Waals surface area contributed by atoms with Crippen LogP contribution in [-0.2, 0) is 37.9 Å². The third kappa shape index (κ3) is 33.2. The molecule has 56 heavy (non-hydrogen) atoms. The number of rotatable bonds is 12. The Labute approximate surface area is 395 Å². The van der Waals surface area contributed by atoms with Gasteiger partial charge in [-0.25, -0.2) is 0 Å². The average molecular weight is 1080 g/mol. The van der Waals surface area contributed by atoms with Crippen molar-refractivity contribution in [3.05, 3.63) is 146 Å². The molecule has 6 rings (SSSR count). The summed E-state index contributed by atoms with van der Waals surface area (Å²) in [5.41, 5.74) is 0. The zero-order valence-electron chi connectivity index (χ0n) is 34.3. The van der Waals surface area contributed by atoms with Gasteiger partial charge in [-0.2, -0.15) is 0 Å². The van der Waals surface area contributed by atoms with Crippen LogP contribution in [0.1, 0.15) is 0 Å². The normalized spacial score (nSPS) is 9.21. The Morgan fingerprint density at radius 3 is 0.375 bits per heavy atom. The van der Waals surface area contributed by atoms with Gasteiger partial charge in [-0.3, -0.25) is 0 Å². The van der Waals surface area contributed by atoms with Crippen LogP contribution in [0.25, 0.3) is 32.3 Å². The fourth-order valence-corrected chi connectivity index (χ4v) is 4.07. The van der Waals surface area contributed by atoms with Gasteiger partial charge in [0.15, 0.2) is 0 Å². The molecule has 0 unspecified atom stereocenters. The zero-order valence-corrected chi connectivity index (χ0v) is 37.9. The van der Waals surface area contributed by atoms with Crippen LogP contribution in [0.15, 0.2) is 146 Å². The fraction of sp³-hybridized carbons (Fsp3) is 0.348. The van der Waals surface area contributed by atoms with E-state index < -0.39 is 0 Å². The van der Waals surface area contributed by atoms with E-state index in [1.807, 2.05) is 0 Å². The van der Waals surface area contributed by atoms with Crippen molar-refractivity contribution in [3.63, 3.8) is 0 Å². The van der Waals surface area contributed by atoms with Crippen LogP contribution in [0.4, 0.5) is 0 Å². The van der Waals surface area contributed by atoms with Gasteiger partial charge in [0.2, 0.25) is 0 Å². The van der Waals surface area contributed by atoms with Crippen LogP contribution in [0.2, 0.25) is 0 Å². The third-order valence-corrected chi connectivity index (χ3v) is 6.94. The van der Waals surface area contributed by atoms with E-state index in [0.717, 1.165) is 0 Å². The minimum absolute atomic E-state index is 0. The predicted molar refractivity (Wildman–Crippen MR) is 227 cm³/mol. The Kier molecular flexibility index (Phi) is 48.0. The van der Waals surface area contributed by atoms with Gasteiger partial charge in [0.25, 0.3) is 0 Å². The standard InChI is InChI=1S/3C10H8.4C4H10O2.2Tm/c3*1-2-6-10-8-4-3-7-9(10)5-1;4*1-5-3-4-6-2;;/h3*1-8H;4*3-4H2,1-2H3;;. The number of methoxy groups -OCH3 is 8. The molecule has 0 heterocycles. The van der Waals surface area contributed by atoms with Gasteiger partial charge in [0, 0.05) is 131 Å². The molecule has 6 aromatic rings. The molecule has 0 saturated carbocycles. The number of benzene rings is 6. The van der Waals surface area contributed by atoms with Gasteiger partial charge in [0.05, 0.1) is 52.9 Å². The summed E-state index contributed by atoms with van der Waals surface area (Å²) in [6.07, 6.45) is 0. The molecule has 8 nitrogen and oxygen atoms in total. The van der Waals surface area contributed by atoms with Crippen LogP contribution in [-0.4, -0.2) is 110 Å². The first kappa shape index (κ1) is 58.6. The first-order valence-corrected chi connectivity index (χ1v) is 17.8. The summed E-state index contributed by atoms with van der Waals surface area (Å²) >= 11 is 0. The minimum Gasteiger partial charge on any atom is -0.382 e. The van der Waals surface area contributed by atoms with Gasteiger partial charge in [-0.1, -0.05) is 146 Å². The van der Waals surface area contributed by atoms with Crippen molar-refractivity contribution >= 4 is 32.3 Å². The molecule has 0 spiro atoms. The molecule has 322 valence electrons. The second-order valence-electron chi connectivity index (χ2n) is 11.0. The van der Waals surface area contributed by atoms with Crippen LogP contribution in [0, 0.1) is 73.7 Å². The van der Waals surface area contributed by atoms with Crippen molar-refractivity contribution in [2.75, 3.05) is 110 Å². The van der Waals surface area contributed by atoms with Gasteiger partial charge >= 0.3 is 0 Å². The van der Waals surface area contributed by atoms with Gasteiger partial charge in [0.1, 0.15) is 0 Å². The van der Waals surface area contributed by atoms with Crippen LogP contribution >= 0.6 is 0 Å². The Morgan fingerprint density at radius 2 is 0.304 bits per heavy atom. The van der Waals surface area contributed by atoms with Crippen LogP contribution in [0.3, 0.4) is 0 Å². The van der Waals surface area contributed by atoms with Gasteiger partial charge in [-0.05, 0) is 32.3 Å². The predicted octanol–water partition coefficient (Wildman–Crippen LogP) is 9.64. The fourth-order valence-electron chi connectivity index (χ4n) is 4.07. The molecule has 0 fully saturated rings. The molecule has 0 aliphatic heterocycles. The maximum Gasteiger partial charge on any atom is 0.0696 e. The second kappa shape index (κ2) is 45.9. The molecule has 0 aliphatic rings. The summed E-state index contributed by atoms with van der Waals surface area (Å²) < 4.78 is 37.3. The minimum atomic E-state index is 0. The second-order valence-corrected chi connectivity index (χ2v) is 11.0. The summed E-state index contributed by atoms with van der Waals surface area (Å²) in [4.78, 5) is 0. The van der Waals surface area contributed by atoms with E-state index in [0.29, 0.717) is 52.9 Å². The summed E-state index contributed by atoms with van der Waals surface area (Å²) in [5.74, 6) is 0. The monoisotopic (exact) mass is 1080 g/mol. The van der Waals surface area contributed by atoms with E-state index in [1.54, 1.807) is 56.9 Å². The van der Waals surface area contributed by atoms with E-state index in [9.17, 15) is 0 Å². The molecular weight excluding hydrogens is 1020 g/mol. The van der Waals surface area contributed by atoms with Crippen molar-refractivity contribution in [1.82, 2.24) is 0 Å². The van der Waals surface area contributed by atoms with E-state index in [4.69, 9.17) is 0 Å². The molecular formula is C46H64O8Tm2. The molecule has 10 heteroatoms. The quantitative estimate of drug-likeness (QED) is 0.112. The maximum absolute atomic E-state index is 4.66. The van der Waals surface area contributed by atoms with Gasteiger partial charge in [-0.15, -0.1) is 0 Å². The first-order chi connectivity index (χ1) is 26.6. The molecule has 0 atom stereocenters. The van der Waals surface area contributed by atoms with E-state index in [1.165, 1.54) is 32.3 Å². The molecule has 0 N–H and O–H groups in total. The Bertz CT molecular complexity index is 1240. The number of hydrogen-bond donors (Lipinski definition) is 0. The van der Waals surface area contributed by atoms with Crippen LogP contribution < -0.4 is 0 Å². The van der Waals surface area contributed by atoms with Crippen molar-refractivity contribution in [3.8, 4) is 0 Å². The van der Waals surface area contributed by atoms with E-state index in [-0.39, 0.29) is 73.7 Å². The van der Waals surface area contributed by atoms with Crippen molar-refractivity contribution in [2.45, 2.75) is 0 Å². The summed E-state index contributed by atoms with van der Waals surface area (Å²) in [6, 6.07) is 50.1.